The van der Waals surface area contributed by atoms with E-state index in [2.05, 4.69) is 26.8 Å². The third-order valence-corrected chi connectivity index (χ3v) is 9.48. The number of amides is 2. The van der Waals surface area contributed by atoms with E-state index in [1.165, 1.54) is 34.8 Å². The van der Waals surface area contributed by atoms with Crippen molar-refractivity contribution in [2.24, 2.45) is 9.98 Å². The summed E-state index contributed by atoms with van der Waals surface area (Å²) in [7, 11) is 0. The lowest BCUT2D eigenvalue weighted by atomic mass is 10.1. The number of rotatable bonds is 4. The Hall–Kier alpha value is -5.61. The summed E-state index contributed by atoms with van der Waals surface area (Å²) in [6, 6.07) is 28.7. The summed E-state index contributed by atoms with van der Waals surface area (Å²) in [6.45, 7) is 0.495. The van der Waals surface area contributed by atoms with Crippen molar-refractivity contribution in [3.8, 4) is 24.7 Å². The van der Waals surface area contributed by atoms with Crippen LogP contribution in [0.4, 0.5) is 0 Å². The number of hydrogen-bond acceptors (Lipinski definition) is 5. The monoisotopic (exact) mass is 607 g/mol. The van der Waals surface area contributed by atoms with Gasteiger partial charge in [0.2, 0.25) is 0 Å². The molecule has 3 aromatic heterocycles. The van der Waals surface area contributed by atoms with Gasteiger partial charge in [0.15, 0.2) is 9.60 Å². The van der Waals surface area contributed by atoms with Gasteiger partial charge in [-0.2, -0.15) is 9.98 Å². The molecule has 7 nitrogen and oxygen atoms in total. The normalized spacial score (nSPS) is 12.2. The van der Waals surface area contributed by atoms with E-state index in [0.29, 0.717) is 9.60 Å². The second kappa shape index (κ2) is 11.2. The van der Waals surface area contributed by atoms with Crippen molar-refractivity contribution in [3.05, 3.63) is 112 Å². The van der Waals surface area contributed by atoms with Crippen molar-refractivity contribution in [1.29, 1.82) is 0 Å². The van der Waals surface area contributed by atoms with Crippen molar-refractivity contribution < 1.29 is 9.59 Å². The zero-order valence-electron chi connectivity index (χ0n) is 23.1. The predicted octanol–water partition coefficient (Wildman–Crippen LogP) is 6.17. The minimum atomic E-state index is -0.586. The third kappa shape index (κ3) is 4.71. The SMILES string of the molecule is C#CCn1c(=NC(=O)c2cccc(C(=O)N=c3sc4c5ccccc5ccc4n3CC#C)n2)sc2c3ccccc3ccc21. The average molecular weight is 608 g/mol. The van der Waals surface area contributed by atoms with Gasteiger partial charge in [0.25, 0.3) is 11.8 Å². The first-order valence-corrected chi connectivity index (χ1v) is 15.2. The first-order chi connectivity index (χ1) is 21.6. The van der Waals surface area contributed by atoms with Crippen LogP contribution in [0, 0.1) is 24.7 Å². The smallest absolute Gasteiger partial charge is 0.298 e. The zero-order chi connectivity index (χ0) is 30.2. The van der Waals surface area contributed by atoms with Crippen LogP contribution in [-0.4, -0.2) is 25.9 Å². The number of nitrogens with zero attached hydrogens (tertiary/aromatic N) is 5. The van der Waals surface area contributed by atoms with Crippen LogP contribution in [-0.2, 0) is 13.1 Å². The fourth-order valence-corrected chi connectivity index (χ4v) is 7.54. The third-order valence-electron chi connectivity index (χ3n) is 7.23. The molecule has 0 bridgehead atoms. The summed E-state index contributed by atoms with van der Waals surface area (Å²) >= 11 is 2.77. The molecular weight excluding hydrogens is 587 g/mol. The fourth-order valence-electron chi connectivity index (χ4n) is 5.22. The Labute approximate surface area is 259 Å². The van der Waals surface area contributed by atoms with E-state index in [4.69, 9.17) is 12.8 Å². The molecular formula is C35H21N5O2S2. The van der Waals surface area contributed by atoms with Crippen molar-refractivity contribution in [2.75, 3.05) is 0 Å². The molecule has 0 aliphatic carbocycles. The Balaban J connectivity index is 1.29. The molecule has 0 spiro atoms. The summed E-state index contributed by atoms with van der Waals surface area (Å²) in [6.07, 6.45) is 11.3. The highest BCUT2D eigenvalue weighted by atomic mass is 32.1. The Kier molecular flexibility index (Phi) is 6.95. The maximum absolute atomic E-state index is 13.4. The quantitative estimate of drug-likeness (QED) is 0.225. The molecule has 0 aliphatic heterocycles. The molecule has 0 atom stereocenters. The number of hydrogen-bond donors (Lipinski definition) is 0. The topological polar surface area (TPSA) is 81.6 Å². The number of carbonyl (C=O) groups excluding carboxylic acids is 2. The highest BCUT2D eigenvalue weighted by molar-refractivity contribution is 7.17. The lowest BCUT2D eigenvalue weighted by molar-refractivity contribution is 0.0989. The van der Waals surface area contributed by atoms with Crippen LogP contribution in [0.2, 0.25) is 0 Å². The molecule has 210 valence electrons. The number of pyridine rings is 1. The average Bonchev–Trinajstić information content (AvgIpc) is 3.59. The lowest BCUT2D eigenvalue weighted by Crippen LogP contribution is -2.18. The molecule has 44 heavy (non-hydrogen) atoms. The Morgan fingerprint density at radius 1 is 0.636 bits per heavy atom. The van der Waals surface area contributed by atoms with Gasteiger partial charge in [-0.15, -0.1) is 12.8 Å². The molecule has 0 N–H and O–H groups in total. The second-order valence-corrected chi connectivity index (χ2v) is 11.8. The van der Waals surface area contributed by atoms with E-state index in [0.717, 1.165) is 42.0 Å². The van der Waals surface area contributed by atoms with Crippen LogP contribution in [0.15, 0.2) is 101 Å². The minimum Gasteiger partial charge on any atom is -0.305 e. The van der Waals surface area contributed by atoms with Gasteiger partial charge in [-0.1, -0.05) is 101 Å². The summed E-state index contributed by atoms with van der Waals surface area (Å²) in [5, 5.41) is 4.27. The molecule has 4 aromatic carbocycles. The molecule has 0 radical (unpaired) electrons. The number of thiazole rings is 2. The van der Waals surface area contributed by atoms with Crippen molar-refractivity contribution >= 4 is 76.5 Å². The largest absolute Gasteiger partial charge is 0.305 e. The Bertz CT molecular complexity index is 2360. The van der Waals surface area contributed by atoms with E-state index >= 15 is 0 Å². The number of terminal acetylenes is 2. The van der Waals surface area contributed by atoms with Gasteiger partial charge >= 0.3 is 0 Å². The first kappa shape index (κ1) is 27.2. The van der Waals surface area contributed by atoms with E-state index in [1.54, 1.807) is 6.07 Å². The maximum Gasteiger partial charge on any atom is 0.298 e. The van der Waals surface area contributed by atoms with Gasteiger partial charge < -0.3 is 9.13 Å². The molecule has 0 saturated carbocycles. The predicted molar refractivity (Wildman–Crippen MR) is 176 cm³/mol. The van der Waals surface area contributed by atoms with Gasteiger partial charge in [0.1, 0.15) is 11.4 Å². The lowest BCUT2D eigenvalue weighted by Gasteiger charge is -2.02. The molecule has 7 aromatic rings. The Morgan fingerprint density at radius 3 is 1.55 bits per heavy atom. The summed E-state index contributed by atoms with van der Waals surface area (Å²) < 4.78 is 5.64. The number of aromatic nitrogens is 3. The molecule has 3 heterocycles. The van der Waals surface area contributed by atoms with E-state index in [-0.39, 0.29) is 24.5 Å². The molecule has 0 aliphatic rings. The maximum atomic E-state index is 13.4. The van der Waals surface area contributed by atoms with Crippen LogP contribution < -0.4 is 9.60 Å². The van der Waals surface area contributed by atoms with Crippen molar-refractivity contribution in [3.63, 3.8) is 0 Å². The van der Waals surface area contributed by atoms with Crippen LogP contribution in [0.25, 0.3) is 42.0 Å². The number of fused-ring (bicyclic) bond motifs is 6. The minimum absolute atomic E-state index is 0.0273. The molecule has 0 fully saturated rings. The van der Waals surface area contributed by atoms with Gasteiger partial charge in [0.05, 0.1) is 33.5 Å². The Morgan fingerprint density at radius 2 is 1.09 bits per heavy atom. The van der Waals surface area contributed by atoms with Crippen LogP contribution in [0.5, 0.6) is 0 Å². The summed E-state index contributed by atoms with van der Waals surface area (Å²) in [5.74, 6) is 4.14. The summed E-state index contributed by atoms with van der Waals surface area (Å²) in [5.41, 5.74) is 1.84. The van der Waals surface area contributed by atoms with Crippen LogP contribution in [0.3, 0.4) is 0 Å². The molecule has 2 amide bonds. The van der Waals surface area contributed by atoms with Crippen LogP contribution >= 0.6 is 22.7 Å². The molecule has 0 saturated heterocycles. The molecule has 0 unspecified atom stereocenters. The van der Waals surface area contributed by atoms with Gasteiger partial charge in [-0.05, 0) is 35.0 Å². The molecule has 9 heteroatoms. The number of benzene rings is 4. The van der Waals surface area contributed by atoms with Crippen molar-refractivity contribution in [1.82, 2.24) is 14.1 Å². The highest BCUT2D eigenvalue weighted by Gasteiger charge is 2.16. The van der Waals surface area contributed by atoms with Gasteiger partial charge in [0, 0.05) is 10.8 Å². The first-order valence-electron chi connectivity index (χ1n) is 13.6. The standard InChI is InChI=1S/C35H21N5O2S2/c1-3-20-39-28-18-16-22-10-5-7-12-24(22)30(28)43-34(39)37-32(41)26-14-9-15-27(36-26)33(42)38-35-40(21-4-2)29-19-17-23-11-6-8-13-25(23)31(29)44-35/h1-2,5-19H,20-21H2. The second-order valence-electron chi connectivity index (χ2n) is 9.86. The van der Waals surface area contributed by atoms with Crippen molar-refractivity contribution in [2.45, 2.75) is 13.1 Å². The van der Waals surface area contributed by atoms with E-state index in [1.807, 2.05) is 81.9 Å². The van der Waals surface area contributed by atoms with Crippen LogP contribution in [0.1, 0.15) is 21.0 Å². The summed E-state index contributed by atoms with van der Waals surface area (Å²) in [4.78, 5) is 40.8. The van der Waals surface area contributed by atoms with E-state index < -0.39 is 11.8 Å². The fraction of sp³-hybridized carbons (Fsp3) is 0.0571. The van der Waals surface area contributed by atoms with Gasteiger partial charge in [-0.3, -0.25) is 9.59 Å². The zero-order valence-corrected chi connectivity index (χ0v) is 24.7. The highest BCUT2D eigenvalue weighted by Crippen LogP contribution is 2.29. The molecule has 7 rings (SSSR count). The van der Waals surface area contributed by atoms with E-state index in [9.17, 15) is 9.59 Å². The number of carbonyl (C=O) groups is 2. The van der Waals surface area contributed by atoms with Gasteiger partial charge in [-0.25, -0.2) is 4.98 Å².